The van der Waals surface area contributed by atoms with Gasteiger partial charge >= 0.3 is 6.18 Å². The van der Waals surface area contributed by atoms with Gasteiger partial charge in [0.2, 0.25) is 0 Å². The molecule has 0 amide bonds. The molecule has 118 valence electrons. The molecular formula is C15H17ClF4O. The highest BCUT2D eigenvalue weighted by Crippen LogP contribution is 2.43. The number of benzene rings is 1. The van der Waals surface area contributed by atoms with E-state index in [1.54, 1.807) is 0 Å². The van der Waals surface area contributed by atoms with Crippen LogP contribution in [-0.2, 0) is 6.42 Å². The molecular weight excluding hydrogens is 308 g/mol. The lowest BCUT2D eigenvalue weighted by molar-refractivity contribution is -0.206. The van der Waals surface area contributed by atoms with Gasteiger partial charge in [0.25, 0.3) is 0 Å². The Morgan fingerprint density at radius 3 is 2.52 bits per heavy atom. The first-order chi connectivity index (χ1) is 9.79. The van der Waals surface area contributed by atoms with Gasteiger partial charge in [0.05, 0.1) is 17.0 Å². The Morgan fingerprint density at radius 1 is 1.24 bits per heavy atom. The van der Waals surface area contributed by atoms with Crippen LogP contribution in [0.1, 0.15) is 31.2 Å². The van der Waals surface area contributed by atoms with Gasteiger partial charge in [0.1, 0.15) is 5.82 Å². The second-order valence-electron chi connectivity index (χ2n) is 5.62. The smallest absolute Gasteiger partial charge is 0.392 e. The molecule has 1 aliphatic carbocycles. The molecule has 0 aromatic heterocycles. The molecule has 1 N–H and O–H groups in total. The maximum atomic E-state index is 13.3. The van der Waals surface area contributed by atoms with Crippen molar-refractivity contribution in [2.45, 2.75) is 44.4 Å². The number of aliphatic hydroxyl groups excluding tert-OH is 1. The maximum Gasteiger partial charge on any atom is 0.392 e. The number of aliphatic hydroxyl groups is 1. The van der Waals surface area contributed by atoms with Gasteiger partial charge in [-0.05, 0) is 42.9 Å². The lowest BCUT2D eigenvalue weighted by Crippen LogP contribution is -2.40. The molecule has 1 aromatic rings. The van der Waals surface area contributed by atoms with Crippen LogP contribution in [0.5, 0.6) is 0 Å². The number of hydrogen-bond acceptors (Lipinski definition) is 1. The van der Waals surface area contributed by atoms with E-state index in [0.29, 0.717) is 24.8 Å². The molecule has 1 fully saturated rings. The lowest BCUT2D eigenvalue weighted by Gasteiger charge is -2.36. The van der Waals surface area contributed by atoms with Gasteiger partial charge in [-0.25, -0.2) is 4.39 Å². The van der Waals surface area contributed by atoms with Crippen LogP contribution in [0.15, 0.2) is 18.2 Å². The quantitative estimate of drug-likeness (QED) is 0.795. The zero-order chi connectivity index (χ0) is 15.6. The van der Waals surface area contributed by atoms with Crippen molar-refractivity contribution in [1.82, 2.24) is 0 Å². The van der Waals surface area contributed by atoms with Gasteiger partial charge in [-0.2, -0.15) is 13.2 Å². The van der Waals surface area contributed by atoms with Crippen molar-refractivity contribution in [2.24, 2.45) is 11.8 Å². The van der Waals surface area contributed by atoms with Crippen molar-refractivity contribution < 1.29 is 22.7 Å². The van der Waals surface area contributed by atoms with E-state index in [0.717, 1.165) is 6.07 Å². The highest BCUT2D eigenvalue weighted by Gasteiger charge is 2.47. The largest absolute Gasteiger partial charge is 0.392 e. The fourth-order valence-corrected chi connectivity index (χ4v) is 3.20. The van der Waals surface area contributed by atoms with E-state index in [2.05, 4.69) is 0 Å². The molecule has 21 heavy (non-hydrogen) atoms. The second-order valence-corrected chi connectivity index (χ2v) is 6.02. The second kappa shape index (κ2) is 6.53. The molecule has 0 aliphatic heterocycles. The van der Waals surface area contributed by atoms with Crippen molar-refractivity contribution in [3.05, 3.63) is 34.6 Å². The van der Waals surface area contributed by atoms with E-state index in [-0.39, 0.29) is 17.9 Å². The first-order valence-corrected chi connectivity index (χ1v) is 7.35. The van der Waals surface area contributed by atoms with Crippen LogP contribution in [0, 0.1) is 17.7 Å². The number of hydrogen-bond donors (Lipinski definition) is 1. The fourth-order valence-electron chi connectivity index (χ4n) is 3.09. The Labute approximate surface area is 125 Å². The van der Waals surface area contributed by atoms with Crippen LogP contribution in [0.4, 0.5) is 17.6 Å². The summed E-state index contributed by atoms with van der Waals surface area (Å²) in [7, 11) is 0. The van der Waals surface area contributed by atoms with Crippen LogP contribution in [-0.4, -0.2) is 17.4 Å². The molecule has 3 atom stereocenters. The summed E-state index contributed by atoms with van der Waals surface area (Å²) in [5.74, 6) is -2.92. The lowest BCUT2D eigenvalue weighted by atomic mass is 9.74. The molecule has 6 heteroatoms. The van der Waals surface area contributed by atoms with E-state index >= 15 is 0 Å². The van der Waals surface area contributed by atoms with E-state index in [1.165, 1.54) is 12.1 Å². The monoisotopic (exact) mass is 324 g/mol. The topological polar surface area (TPSA) is 20.2 Å². The Balaban J connectivity index is 2.10. The van der Waals surface area contributed by atoms with Crippen LogP contribution in [0.2, 0.25) is 5.02 Å². The van der Waals surface area contributed by atoms with E-state index < -0.39 is 29.9 Å². The molecule has 0 bridgehead atoms. The van der Waals surface area contributed by atoms with Crippen molar-refractivity contribution >= 4 is 11.6 Å². The predicted molar refractivity (Wildman–Crippen MR) is 72.6 cm³/mol. The van der Waals surface area contributed by atoms with Crippen LogP contribution >= 0.6 is 11.6 Å². The summed E-state index contributed by atoms with van der Waals surface area (Å²) < 4.78 is 52.4. The zero-order valence-corrected chi connectivity index (χ0v) is 12.1. The molecule has 1 saturated carbocycles. The first-order valence-electron chi connectivity index (χ1n) is 6.97. The minimum atomic E-state index is -4.29. The third kappa shape index (κ3) is 4.10. The predicted octanol–water partition coefficient (Wildman–Crippen LogP) is 4.75. The standard InChI is InChI=1S/C15H17ClF4O/c16-12-6-5-9(7-13(12)17)8-14(21)10-3-1-2-4-11(10)15(18,19)20/h5-7,10-11,14,21H,1-4,8H2. The summed E-state index contributed by atoms with van der Waals surface area (Å²) in [5, 5.41) is 10.1. The number of rotatable bonds is 3. The normalized spacial score (nSPS) is 24.9. The minimum Gasteiger partial charge on any atom is -0.392 e. The van der Waals surface area contributed by atoms with Gasteiger partial charge in [-0.3, -0.25) is 0 Å². The minimum absolute atomic E-state index is 0.00529. The Hall–Kier alpha value is -0.810. The molecule has 1 aromatic carbocycles. The molecule has 0 spiro atoms. The average Bonchev–Trinajstić information content (AvgIpc) is 2.42. The number of alkyl halides is 3. The van der Waals surface area contributed by atoms with E-state index in [9.17, 15) is 22.7 Å². The van der Waals surface area contributed by atoms with E-state index in [4.69, 9.17) is 11.6 Å². The highest BCUT2D eigenvalue weighted by atomic mass is 35.5. The van der Waals surface area contributed by atoms with E-state index in [1.807, 2.05) is 0 Å². The van der Waals surface area contributed by atoms with Crippen molar-refractivity contribution in [3.8, 4) is 0 Å². The highest BCUT2D eigenvalue weighted by molar-refractivity contribution is 6.30. The van der Waals surface area contributed by atoms with Crippen molar-refractivity contribution in [1.29, 1.82) is 0 Å². The zero-order valence-electron chi connectivity index (χ0n) is 11.3. The summed E-state index contributed by atoms with van der Waals surface area (Å²) >= 11 is 5.56. The summed E-state index contributed by atoms with van der Waals surface area (Å²) in [5.41, 5.74) is 0.455. The Kier molecular flexibility index (Phi) is 5.15. The molecule has 0 heterocycles. The Morgan fingerprint density at radius 2 is 1.90 bits per heavy atom. The van der Waals surface area contributed by atoms with Gasteiger partial charge in [-0.15, -0.1) is 0 Å². The molecule has 1 aliphatic rings. The summed E-state index contributed by atoms with van der Waals surface area (Å²) in [6, 6.07) is 4.04. The third-order valence-corrected chi connectivity index (χ3v) is 4.47. The average molecular weight is 325 g/mol. The molecule has 2 rings (SSSR count). The van der Waals surface area contributed by atoms with Gasteiger partial charge < -0.3 is 5.11 Å². The summed E-state index contributed by atoms with van der Waals surface area (Å²) in [4.78, 5) is 0. The van der Waals surface area contributed by atoms with Crippen LogP contribution < -0.4 is 0 Å². The molecule has 3 unspecified atom stereocenters. The van der Waals surface area contributed by atoms with Gasteiger partial charge in [0.15, 0.2) is 0 Å². The molecule has 0 saturated heterocycles. The van der Waals surface area contributed by atoms with Gasteiger partial charge in [0, 0.05) is 0 Å². The van der Waals surface area contributed by atoms with Crippen molar-refractivity contribution in [2.75, 3.05) is 0 Å². The summed E-state index contributed by atoms with van der Waals surface area (Å²) in [6.45, 7) is 0. The fraction of sp³-hybridized carbons (Fsp3) is 0.600. The van der Waals surface area contributed by atoms with Crippen LogP contribution in [0.25, 0.3) is 0 Å². The Bertz CT molecular complexity index is 489. The first kappa shape index (κ1) is 16.6. The summed E-state index contributed by atoms with van der Waals surface area (Å²) in [6.07, 6.45) is -3.80. The number of halogens is 5. The van der Waals surface area contributed by atoms with Crippen molar-refractivity contribution in [3.63, 3.8) is 0 Å². The van der Waals surface area contributed by atoms with Crippen LogP contribution in [0.3, 0.4) is 0 Å². The van der Waals surface area contributed by atoms with Gasteiger partial charge in [-0.1, -0.05) is 30.5 Å². The molecule has 1 nitrogen and oxygen atoms in total. The maximum absolute atomic E-state index is 13.3. The SMILES string of the molecule is OC(Cc1ccc(Cl)c(F)c1)C1CCCCC1C(F)(F)F. The molecule has 0 radical (unpaired) electrons. The third-order valence-electron chi connectivity index (χ3n) is 4.16.